The van der Waals surface area contributed by atoms with Crippen molar-refractivity contribution in [1.82, 2.24) is 4.90 Å². The summed E-state index contributed by atoms with van der Waals surface area (Å²) >= 11 is 3.74. The average Bonchev–Trinajstić information content (AvgIpc) is 3.33. The van der Waals surface area contributed by atoms with Gasteiger partial charge in [-0.05, 0) is 59.1 Å². The van der Waals surface area contributed by atoms with Gasteiger partial charge in [0.1, 0.15) is 0 Å². The van der Waals surface area contributed by atoms with Gasteiger partial charge in [0.2, 0.25) is 19.3 Å². The first-order chi connectivity index (χ1) is 13.2. The SMILES string of the molecule is COc1c2c(c(Br)c3c1[C@@H](Cc1ccc4c(c1)OCO4)N(C)CC3)OCO2.Cl. The third-order valence-corrected chi connectivity index (χ3v) is 6.34. The zero-order valence-electron chi connectivity index (χ0n) is 15.6. The summed E-state index contributed by atoms with van der Waals surface area (Å²) in [7, 11) is 3.84. The molecule has 2 aromatic rings. The number of rotatable bonds is 3. The first-order valence-electron chi connectivity index (χ1n) is 8.94. The number of halogens is 2. The molecular formula is C20H21BrClNO5. The lowest BCUT2D eigenvalue weighted by Gasteiger charge is -2.36. The molecule has 150 valence electrons. The molecule has 0 saturated carbocycles. The van der Waals surface area contributed by atoms with Gasteiger partial charge in [0.15, 0.2) is 23.0 Å². The van der Waals surface area contributed by atoms with Crippen LogP contribution in [0.1, 0.15) is 22.7 Å². The van der Waals surface area contributed by atoms with Gasteiger partial charge in [-0.25, -0.2) is 0 Å². The molecule has 28 heavy (non-hydrogen) atoms. The standard InChI is InChI=1S/C20H20BrNO5.ClH/c1-22-6-5-12-16(18(23-2)20-19(17(12)21)26-10-27-20)13(22)7-11-3-4-14-15(8-11)25-9-24-14;/h3-4,8,13H,5-7,9-10H2,1-2H3;1H/t13-;/m1./s1. The highest BCUT2D eigenvalue weighted by Gasteiger charge is 2.36. The number of methoxy groups -OCH3 is 1. The monoisotopic (exact) mass is 469 g/mol. The Kier molecular flexibility index (Phi) is 5.24. The Balaban J connectivity index is 0.00000192. The second-order valence-electron chi connectivity index (χ2n) is 6.94. The largest absolute Gasteiger partial charge is 0.492 e. The number of ether oxygens (including phenoxy) is 5. The maximum atomic E-state index is 5.80. The lowest BCUT2D eigenvalue weighted by atomic mass is 9.87. The van der Waals surface area contributed by atoms with Gasteiger partial charge < -0.3 is 23.7 Å². The third-order valence-electron chi connectivity index (χ3n) is 5.50. The highest BCUT2D eigenvalue weighted by atomic mass is 79.9. The van der Waals surface area contributed by atoms with Crippen LogP contribution >= 0.6 is 28.3 Å². The topological polar surface area (TPSA) is 49.4 Å². The van der Waals surface area contributed by atoms with Gasteiger partial charge in [-0.15, -0.1) is 12.4 Å². The second-order valence-corrected chi connectivity index (χ2v) is 7.74. The molecule has 6 nitrogen and oxygen atoms in total. The lowest BCUT2D eigenvalue weighted by Crippen LogP contribution is -2.34. The average molecular weight is 471 g/mol. The number of fused-ring (bicyclic) bond motifs is 3. The molecule has 0 amide bonds. The quantitative estimate of drug-likeness (QED) is 0.673. The molecule has 0 fully saturated rings. The van der Waals surface area contributed by atoms with E-state index in [4.69, 9.17) is 23.7 Å². The molecule has 3 aliphatic rings. The Labute approximate surface area is 178 Å². The van der Waals surface area contributed by atoms with Crippen molar-refractivity contribution in [2.75, 3.05) is 34.3 Å². The van der Waals surface area contributed by atoms with E-state index >= 15 is 0 Å². The first kappa shape index (κ1) is 19.5. The van der Waals surface area contributed by atoms with Crippen LogP contribution in [0.4, 0.5) is 0 Å². The minimum Gasteiger partial charge on any atom is -0.492 e. The van der Waals surface area contributed by atoms with Crippen molar-refractivity contribution >= 4 is 28.3 Å². The minimum absolute atomic E-state index is 0. The van der Waals surface area contributed by atoms with Crippen LogP contribution in [0.25, 0.3) is 0 Å². The van der Waals surface area contributed by atoms with Gasteiger partial charge in [-0.2, -0.15) is 0 Å². The molecule has 0 aromatic heterocycles. The summed E-state index contributed by atoms with van der Waals surface area (Å²) in [5.41, 5.74) is 3.60. The van der Waals surface area contributed by atoms with Crippen LogP contribution in [0.2, 0.25) is 0 Å². The smallest absolute Gasteiger partial charge is 0.231 e. The molecule has 0 unspecified atom stereocenters. The fourth-order valence-electron chi connectivity index (χ4n) is 4.14. The summed E-state index contributed by atoms with van der Waals surface area (Å²) in [4.78, 5) is 2.37. The molecule has 0 N–H and O–H groups in total. The normalized spacial score (nSPS) is 19.2. The Morgan fingerprint density at radius 3 is 2.68 bits per heavy atom. The highest BCUT2D eigenvalue weighted by molar-refractivity contribution is 9.10. The Bertz CT molecular complexity index is 922. The maximum Gasteiger partial charge on any atom is 0.231 e. The predicted molar refractivity (Wildman–Crippen MR) is 109 cm³/mol. The van der Waals surface area contributed by atoms with Crippen LogP contribution in [0.15, 0.2) is 22.7 Å². The van der Waals surface area contributed by atoms with Crippen molar-refractivity contribution in [2.45, 2.75) is 18.9 Å². The lowest BCUT2D eigenvalue weighted by molar-refractivity contribution is 0.170. The van der Waals surface area contributed by atoms with Gasteiger partial charge >= 0.3 is 0 Å². The Morgan fingerprint density at radius 1 is 1.11 bits per heavy atom. The van der Waals surface area contributed by atoms with Crippen LogP contribution < -0.4 is 23.7 Å². The van der Waals surface area contributed by atoms with Crippen LogP contribution in [0.3, 0.4) is 0 Å². The minimum atomic E-state index is 0. The molecule has 8 heteroatoms. The zero-order chi connectivity index (χ0) is 18.5. The molecule has 1 atom stereocenters. The van der Waals surface area contributed by atoms with E-state index in [0.29, 0.717) is 5.75 Å². The van der Waals surface area contributed by atoms with Gasteiger partial charge in [-0.1, -0.05) is 6.07 Å². The number of likely N-dealkylation sites (N-methyl/N-ethyl adjacent to an activating group) is 1. The fraction of sp³-hybridized carbons (Fsp3) is 0.400. The summed E-state index contributed by atoms with van der Waals surface area (Å²) in [6, 6.07) is 6.31. The third kappa shape index (κ3) is 2.96. The maximum absolute atomic E-state index is 5.80. The molecule has 0 spiro atoms. The van der Waals surface area contributed by atoms with Crippen LogP contribution in [0.5, 0.6) is 28.7 Å². The predicted octanol–water partition coefficient (Wildman–Crippen LogP) is 4.11. The summed E-state index contributed by atoms with van der Waals surface area (Å²) in [5, 5.41) is 0. The van der Waals surface area contributed by atoms with Crippen LogP contribution in [-0.2, 0) is 12.8 Å². The van der Waals surface area contributed by atoms with Crippen LogP contribution in [-0.4, -0.2) is 39.2 Å². The molecule has 3 aliphatic heterocycles. The highest BCUT2D eigenvalue weighted by Crippen LogP contribution is 2.54. The Hall–Kier alpha value is -1.83. The summed E-state index contributed by atoms with van der Waals surface area (Å²) < 4.78 is 29.2. The van der Waals surface area contributed by atoms with E-state index in [-0.39, 0.29) is 32.0 Å². The molecule has 2 aromatic carbocycles. The fourth-order valence-corrected chi connectivity index (χ4v) is 4.84. The summed E-state index contributed by atoms with van der Waals surface area (Å²) in [5.74, 6) is 3.83. The van der Waals surface area contributed by atoms with Gasteiger partial charge in [0, 0.05) is 18.2 Å². The molecular weight excluding hydrogens is 450 g/mol. The van der Waals surface area contributed by atoms with E-state index in [1.165, 1.54) is 16.7 Å². The van der Waals surface area contributed by atoms with Gasteiger partial charge in [0.25, 0.3) is 0 Å². The van der Waals surface area contributed by atoms with Crippen molar-refractivity contribution in [1.29, 1.82) is 0 Å². The number of benzene rings is 2. The van der Waals surface area contributed by atoms with Crippen molar-refractivity contribution in [3.05, 3.63) is 39.4 Å². The number of hydrogen-bond donors (Lipinski definition) is 0. The van der Waals surface area contributed by atoms with E-state index in [2.05, 4.69) is 40.0 Å². The van der Waals surface area contributed by atoms with E-state index in [0.717, 1.165) is 46.9 Å². The van der Waals surface area contributed by atoms with Gasteiger partial charge in [0.05, 0.1) is 11.6 Å². The summed E-state index contributed by atoms with van der Waals surface area (Å²) in [6.07, 6.45) is 1.76. The van der Waals surface area contributed by atoms with E-state index < -0.39 is 0 Å². The van der Waals surface area contributed by atoms with Gasteiger partial charge in [-0.3, -0.25) is 4.90 Å². The number of nitrogens with zero attached hydrogens (tertiary/aromatic N) is 1. The van der Waals surface area contributed by atoms with E-state index in [1.54, 1.807) is 7.11 Å². The van der Waals surface area contributed by atoms with Crippen molar-refractivity contribution < 1.29 is 23.7 Å². The second kappa shape index (κ2) is 7.54. The molecule has 0 bridgehead atoms. The first-order valence-corrected chi connectivity index (χ1v) is 9.73. The zero-order valence-corrected chi connectivity index (χ0v) is 18.0. The molecule has 0 radical (unpaired) electrons. The number of hydrogen-bond acceptors (Lipinski definition) is 6. The van der Waals surface area contributed by atoms with Crippen molar-refractivity contribution in [3.8, 4) is 28.7 Å². The van der Waals surface area contributed by atoms with E-state index in [9.17, 15) is 0 Å². The van der Waals surface area contributed by atoms with Crippen molar-refractivity contribution in [2.24, 2.45) is 0 Å². The van der Waals surface area contributed by atoms with Crippen molar-refractivity contribution in [3.63, 3.8) is 0 Å². The molecule has 0 saturated heterocycles. The molecule has 5 rings (SSSR count). The van der Waals surface area contributed by atoms with E-state index in [1.807, 2.05) is 6.07 Å². The molecule has 0 aliphatic carbocycles. The molecule has 3 heterocycles. The van der Waals surface area contributed by atoms with Crippen LogP contribution in [0, 0.1) is 0 Å². The Morgan fingerprint density at radius 2 is 1.86 bits per heavy atom. The summed E-state index contributed by atoms with van der Waals surface area (Å²) in [6.45, 7) is 1.47.